The van der Waals surface area contributed by atoms with Crippen molar-refractivity contribution in [3.63, 3.8) is 0 Å². The number of benzene rings is 3. The Hall–Kier alpha value is -3.67. The number of rotatable bonds is 6. The number of thioether (sulfide) groups is 1. The molecule has 0 unspecified atom stereocenters. The fraction of sp³-hybridized carbons (Fsp3) is 0.0800. The van der Waals surface area contributed by atoms with E-state index in [2.05, 4.69) is 20.0 Å². The van der Waals surface area contributed by atoms with E-state index >= 15 is 0 Å². The van der Waals surface area contributed by atoms with Crippen molar-refractivity contribution in [1.82, 2.24) is 14.5 Å². The van der Waals surface area contributed by atoms with Crippen molar-refractivity contribution in [2.75, 3.05) is 11.1 Å². The molecule has 3 aromatic carbocycles. The number of fused-ring (bicyclic) bond motifs is 3. The fourth-order valence-corrected chi connectivity index (χ4v) is 4.87. The standard InChI is InChI=1S/C25H15Cl2F3N4O3S/c26-17-10-5-13(11-18(17)27)31-20(35)12-38-24-33-21-16-3-1-2-4-19(16)32-22(21)23(36)34(24)14-6-8-15(9-7-14)37-25(28,29)30/h1-11,32H,12H2,(H,31,35). The van der Waals surface area contributed by atoms with Crippen molar-refractivity contribution < 1.29 is 22.7 Å². The molecule has 2 N–H and O–H groups in total. The van der Waals surface area contributed by atoms with Gasteiger partial charge >= 0.3 is 6.36 Å². The van der Waals surface area contributed by atoms with Crippen LogP contribution >= 0.6 is 35.0 Å². The van der Waals surface area contributed by atoms with Gasteiger partial charge in [-0.2, -0.15) is 0 Å². The molecule has 5 aromatic rings. The van der Waals surface area contributed by atoms with Crippen LogP contribution in [0.15, 0.2) is 76.7 Å². The second-order valence-electron chi connectivity index (χ2n) is 7.94. The van der Waals surface area contributed by atoms with Gasteiger partial charge in [0, 0.05) is 16.6 Å². The summed E-state index contributed by atoms with van der Waals surface area (Å²) >= 11 is 12.9. The maximum Gasteiger partial charge on any atom is 0.573 e. The van der Waals surface area contributed by atoms with Gasteiger partial charge in [-0.15, -0.1) is 13.2 Å². The molecule has 38 heavy (non-hydrogen) atoms. The first-order valence-electron chi connectivity index (χ1n) is 10.9. The Morgan fingerprint density at radius 1 is 1.05 bits per heavy atom. The number of hydrogen-bond donors (Lipinski definition) is 2. The molecule has 0 radical (unpaired) electrons. The first kappa shape index (κ1) is 26.0. The van der Waals surface area contributed by atoms with E-state index in [0.29, 0.717) is 27.1 Å². The zero-order valence-corrected chi connectivity index (χ0v) is 21.3. The van der Waals surface area contributed by atoms with Crippen LogP contribution in [0.3, 0.4) is 0 Å². The van der Waals surface area contributed by atoms with Gasteiger partial charge in [0.1, 0.15) is 16.8 Å². The highest BCUT2D eigenvalue weighted by Crippen LogP contribution is 2.29. The third kappa shape index (κ3) is 5.45. The SMILES string of the molecule is O=C(CSc1nc2c([nH]c3ccccc32)c(=O)n1-c1ccc(OC(F)(F)F)cc1)Nc1ccc(Cl)c(Cl)c1. The topological polar surface area (TPSA) is 89.0 Å². The van der Waals surface area contributed by atoms with E-state index in [9.17, 15) is 22.8 Å². The van der Waals surface area contributed by atoms with Gasteiger partial charge in [-0.05, 0) is 48.5 Å². The molecule has 0 fully saturated rings. The summed E-state index contributed by atoms with van der Waals surface area (Å²) in [7, 11) is 0. The van der Waals surface area contributed by atoms with Crippen LogP contribution in [0.4, 0.5) is 18.9 Å². The molecule has 1 amide bonds. The van der Waals surface area contributed by atoms with E-state index in [0.717, 1.165) is 23.9 Å². The molecule has 194 valence electrons. The summed E-state index contributed by atoms with van der Waals surface area (Å²) < 4.78 is 42.9. The van der Waals surface area contributed by atoms with Crippen LogP contribution in [0.5, 0.6) is 5.75 Å². The second kappa shape index (κ2) is 10.2. The Balaban J connectivity index is 1.52. The molecule has 0 bridgehead atoms. The first-order valence-corrected chi connectivity index (χ1v) is 12.6. The number of carbonyl (C=O) groups is 1. The molecule has 0 saturated heterocycles. The molecule has 2 aromatic heterocycles. The summed E-state index contributed by atoms with van der Waals surface area (Å²) in [5.41, 5.74) is 1.50. The molecular formula is C25H15Cl2F3N4O3S. The smallest absolute Gasteiger partial charge is 0.406 e. The van der Waals surface area contributed by atoms with Gasteiger partial charge in [0.15, 0.2) is 5.16 Å². The molecule has 5 rings (SSSR count). The largest absolute Gasteiger partial charge is 0.573 e. The third-order valence-electron chi connectivity index (χ3n) is 5.36. The number of halogens is 5. The number of alkyl halides is 3. The molecule has 0 aliphatic rings. The van der Waals surface area contributed by atoms with Crippen molar-refractivity contribution in [1.29, 1.82) is 0 Å². The van der Waals surface area contributed by atoms with Crippen molar-refractivity contribution >= 4 is 68.5 Å². The van der Waals surface area contributed by atoms with Crippen LogP contribution in [-0.4, -0.2) is 32.6 Å². The number of ether oxygens (including phenoxy) is 1. The van der Waals surface area contributed by atoms with Crippen LogP contribution in [0.25, 0.3) is 27.6 Å². The number of nitrogens with one attached hydrogen (secondary N) is 2. The van der Waals surface area contributed by atoms with Crippen molar-refractivity contribution in [2.24, 2.45) is 0 Å². The molecule has 0 aliphatic heterocycles. The van der Waals surface area contributed by atoms with Gasteiger partial charge in [-0.1, -0.05) is 53.2 Å². The zero-order chi connectivity index (χ0) is 27.0. The summed E-state index contributed by atoms with van der Waals surface area (Å²) in [4.78, 5) is 33.9. The number of hydrogen-bond acceptors (Lipinski definition) is 5. The minimum atomic E-state index is -4.86. The lowest BCUT2D eigenvalue weighted by Crippen LogP contribution is -2.23. The molecule has 7 nitrogen and oxygen atoms in total. The van der Waals surface area contributed by atoms with Crippen molar-refractivity contribution in [3.8, 4) is 11.4 Å². The lowest BCUT2D eigenvalue weighted by atomic mass is 10.2. The Morgan fingerprint density at radius 3 is 2.50 bits per heavy atom. The van der Waals surface area contributed by atoms with Gasteiger partial charge in [-0.3, -0.25) is 14.2 Å². The molecular weight excluding hydrogens is 564 g/mol. The van der Waals surface area contributed by atoms with E-state index in [4.69, 9.17) is 23.2 Å². The molecule has 0 saturated carbocycles. The van der Waals surface area contributed by atoms with Crippen LogP contribution < -0.4 is 15.6 Å². The summed E-state index contributed by atoms with van der Waals surface area (Å²) in [6.45, 7) is 0. The molecule has 0 atom stereocenters. The summed E-state index contributed by atoms with van der Waals surface area (Å²) in [5.74, 6) is -0.971. The maximum absolute atomic E-state index is 13.6. The number of para-hydroxylation sites is 1. The third-order valence-corrected chi connectivity index (χ3v) is 7.04. The quantitative estimate of drug-likeness (QED) is 0.171. The van der Waals surface area contributed by atoms with Crippen molar-refractivity contribution in [3.05, 3.63) is 87.1 Å². The second-order valence-corrected chi connectivity index (χ2v) is 9.69. The Bertz CT molecular complexity index is 1740. The van der Waals surface area contributed by atoms with Crippen molar-refractivity contribution in [2.45, 2.75) is 11.5 Å². The first-order chi connectivity index (χ1) is 18.1. The lowest BCUT2D eigenvalue weighted by Gasteiger charge is -2.14. The van der Waals surface area contributed by atoms with Gasteiger partial charge in [0.05, 0.1) is 21.5 Å². The average Bonchev–Trinajstić information content (AvgIpc) is 3.24. The van der Waals surface area contributed by atoms with Crippen LogP contribution in [0, 0.1) is 0 Å². The number of nitrogens with zero attached hydrogens (tertiary/aromatic N) is 2. The molecule has 0 aliphatic carbocycles. The van der Waals surface area contributed by atoms with E-state index in [1.807, 2.05) is 0 Å². The highest BCUT2D eigenvalue weighted by molar-refractivity contribution is 7.99. The maximum atomic E-state index is 13.6. The molecule has 13 heteroatoms. The lowest BCUT2D eigenvalue weighted by molar-refractivity contribution is -0.274. The molecule has 2 heterocycles. The number of aromatic amines is 1. The Kier molecular flexibility index (Phi) is 6.99. The number of amides is 1. The number of carbonyl (C=O) groups excluding carboxylic acids is 1. The predicted molar refractivity (Wildman–Crippen MR) is 142 cm³/mol. The van der Waals surface area contributed by atoms with Crippen LogP contribution in [-0.2, 0) is 4.79 Å². The Morgan fingerprint density at radius 2 is 1.79 bits per heavy atom. The van der Waals surface area contributed by atoms with Gasteiger partial charge in [0.25, 0.3) is 5.56 Å². The zero-order valence-electron chi connectivity index (χ0n) is 19.0. The number of aromatic nitrogens is 3. The van der Waals surface area contributed by atoms with Crippen LogP contribution in [0.1, 0.15) is 0 Å². The van der Waals surface area contributed by atoms with E-state index in [1.165, 1.54) is 22.8 Å². The minimum Gasteiger partial charge on any atom is -0.406 e. The normalized spacial score (nSPS) is 11.7. The number of H-pyrrole nitrogens is 1. The highest BCUT2D eigenvalue weighted by atomic mass is 35.5. The monoisotopic (exact) mass is 578 g/mol. The van der Waals surface area contributed by atoms with E-state index in [-0.39, 0.29) is 27.1 Å². The van der Waals surface area contributed by atoms with E-state index in [1.54, 1.807) is 36.4 Å². The number of anilines is 1. The van der Waals surface area contributed by atoms with E-state index < -0.39 is 23.6 Å². The van der Waals surface area contributed by atoms with Gasteiger partial charge in [0.2, 0.25) is 5.91 Å². The van der Waals surface area contributed by atoms with Crippen LogP contribution in [0.2, 0.25) is 10.0 Å². The predicted octanol–water partition coefficient (Wildman–Crippen LogP) is 6.80. The fourth-order valence-electron chi connectivity index (χ4n) is 3.76. The summed E-state index contributed by atoms with van der Waals surface area (Å²) in [5, 5.41) is 4.19. The summed E-state index contributed by atoms with van der Waals surface area (Å²) in [6.07, 6.45) is -4.86. The van der Waals surface area contributed by atoms with Gasteiger partial charge in [-0.25, -0.2) is 4.98 Å². The van der Waals surface area contributed by atoms with Gasteiger partial charge < -0.3 is 15.0 Å². The Labute approximate surface area is 226 Å². The summed E-state index contributed by atoms with van der Waals surface area (Å²) in [6, 6.07) is 16.6. The average molecular weight is 579 g/mol. The highest BCUT2D eigenvalue weighted by Gasteiger charge is 2.31. The molecule has 0 spiro atoms. The minimum absolute atomic E-state index is 0.129.